The topological polar surface area (TPSA) is 121 Å². The summed E-state index contributed by atoms with van der Waals surface area (Å²) in [6, 6.07) is 12.3. The van der Waals surface area contributed by atoms with Crippen molar-refractivity contribution in [3.8, 4) is 0 Å². The fraction of sp³-hybridized carbons (Fsp3) is 0.207. The second-order valence-electron chi connectivity index (χ2n) is 9.98. The van der Waals surface area contributed by atoms with E-state index in [9.17, 15) is 42.3 Å². The van der Waals surface area contributed by atoms with Gasteiger partial charge >= 0.3 is 12.1 Å². The zero-order valence-corrected chi connectivity index (χ0v) is 20.4. The Balaban J connectivity index is 1.33. The van der Waals surface area contributed by atoms with Gasteiger partial charge in [-0.15, -0.1) is 0 Å². The number of likely N-dealkylation sites (tertiary alicyclic amines) is 1. The molecule has 0 radical (unpaired) electrons. The first-order chi connectivity index (χ1) is 19.0. The van der Waals surface area contributed by atoms with E-state index in [-0.39, 0.29) is 45.9 Å². The second kappa shape index (κ2) is 8.95. The Labute approximate surface area is 224 Å². The molecule has 0 bridgehead atoms. The van der Waals surface area contributed by atoms with Gasteiger partial charge in [0.15, 0.2) is 11.6 Å². The molecular formula is C29H19F3N2O6. The van der Waals surface area contributed by atoms with Gasteiger partial charge in [0.2, 0.25) is 11.8 Å². The monoisotopic (exact) mass is 548 g/mol. The van der Waals surface area contributed by atoms with Crippen molar-refractivity contribution in [3.63, 3.8) is 0 Å². The number of aliphatic carboxylic acids is 1. The number of carbonyl (C=O) groups is 5. The third kappa shape index (κ3) is 3.84. The fourth-order valence-corrected chi connectivity index (χ4v) is 5.90. The average Bonchev–Trinajstić information content (AvgIpc) is 3.44. The van der Waals surface area contributed by atoms with Crippen LogP contribution in [0.1, 0.15) is 54.6 Å². The zero-order chi connectivity index (χ0) is 28.5. The standard InChI is InChI=1S/C29H19F3N2O6/c30-29(31,32)15-5-3-4-14(11-15)22-20-21(23(33-22)28(39)40)27(38)34(26(20)37)12-13-8-9-18-19(10-13)25(36)17-7-2-1-6-16(17)24(18)35/h1-11,20-23,33H,12H2,(H,39,40). The number of rotatable bonds is 4. The number of amides is 2. The Hall–Kier alpha value is -4.64. The summed E-state index contributed by atoms with van der Waals surface area (Å²) in [5, 5.41) is 12.4. The van der Waals surface area contributed by atoms with Crippen LogP contribution in [0.5, 0.6) is 0 Å². The van der Waals surface area contributed by atoms with Crippen molar-refractivity contribution in [2.75, 3.05) is 0 Å². The number of hydrogen-bond donors (Lipinski definition) is 2. The highest BCUT2D eigenvalue weighted by atomic mass is 19.4. The molecule has 6 rings (SSSR count). The molecule has 8 nitrogen and oxygen atoms in total. The van der Waals surface area contributed by atoms with E-state index in [4.69, 9.17) is 0 Å². The molecule has 11 heteroatoms. The minimum Gasteiger partial charge on any atom is -0.480 e. The van der Waals surface area contributed by atoms with E-state index in [1.54, 1.807) is 18.2 Å². The number of alkyl halides is 3. The van der Waals surface area contributed by atoms with Gasteiger partial charge in [-0.3, -0.25) is 34.2 Å². The predicted octanol–water partition coefficient (Wildman–Crippen LogP) is 3.38. The lowest BCUT2D eigenvalue weighted by molar-refractivity contribution is -0.146. The van der Waals surface area contributed by atoms with Crippen LogP contribution in [0.2, 0.25) is 0 Å². The number of ketones is 2. The molecule has 2 N–H and O–H groups in total. The van der Waals surface area contributed by atoms with Crippen LogP contribution in [0.3, 0.4) is 0 Å². The summed E-state index contributed by atoms with van der Waals surface area (Å²) in [6.07, 6.45) is -4.66. The SMILES string of the molecule is O=C1c2ccccc2C(=O)c2cc(CN3C(=O)C4C(C(=O)O)NC(c5cccc(C(F)(F)F)c5)C4C3=O)ccc21. The Morgan fingerprint density at radius 2 is 1.43 bits per heavy atom. The largest absolute Gasteiger partial charge is 0.480 e. The first-order valence-electron chi connectivity index (χ1n) is 12.3. The normalized spacial score (nSPS) is 23.7. The molecule has 0 saturated carbocycles. The number of fused-ring (bicyclic) bond motifs is 3. The molecule has 4 unspecified atom stereocenters. The van der Waals surface area contributed by atoms with E-state index in [0.717, 1.165) is 23.1 Å². The van der Waals surface area contributed by atoms with Gasteiger partial charge < -0.3 is 5.11 Å². The van der Waals surface area contributed by atoms with Crippen molar-refractivity contribution < 1.29 is 42.3 Å². The molecule has 202 valence electrons. The van der Waals surface area contributed by atoms with E-state index in [2.05, 4.69) is 5.32 Å². The van der Waals surface area contributed by atoms with Gasteiger partial charge in [-0.05, 0) is 35.4 Å². The molecule has 2 fully saturated rings. The van der Waals surface area contributed by atoms with E-state index < -0.39 is 53.4 Å². The molecule has 1 aliphatic carbocycles. The summed E-state index contributed by atoms with van der Waals surface area (Å²) in [7, 11) is 0. The Morgan fingerprint density at radius 1 is 0.800 bits per heavy atom. The van der Waals surface area contributed by atoms with Crippen LogP contribution >= 0.6 is 0 Å². The first kappa shape index (κ1) is 25.6. The number of imide groups is 1. The van der Waals surface area contributed by atoms with Gasteiger partial charge in [-0.1, -0.05) is 42.5 Å². The number of benzene rings is 3. The first-order valence-corrected chi connectivity index (χ1v) is 12.3. The van der Waals surface area contributed by atoms with Crippen molar-refractivity contribution in [1.29, 1.82) is 0 Å². The summed E-state index contributed by atoms with van der Waals surface area (Å²) in [6.45, 7) is -0.303. The molecule has 40 heavy (non-hydrogen) atoms. The fourth-order valence-electron chi connectivity index (χ4n) is 5.90. The number of carboxylic acids is 1. The van der Waals surface area contributed by atoms with Crippen LogP contribution in [0.15, 0.2) is 66.7 Å². The van der Waals surface area contributed by atoms with Crippen LogP contribution in [0.4, 0.5) is 13.2 Å². The van der Waals surface area contributed by atoms with Gasteiger partial charge in [-0.25, -0.2) is 0 Å². The van der Waals surface area contributed by atoms with Crippen molar-refractivity contribution in [1.82, 2.24) is 10.2 Å². The third-order valence-electron chi connectivity index (χ3n) is 7.74. The van der Waals surface area contributed by atoms with E-state index in [0.29, 0.717) is 5.56 Å². The molecule has 2 amide bonds. The Bertz CT molecular complexity index is 1650. The number of halogens is 3. The van der Waals surface area contributed by atoms with Crippen molar-refractivity contribution in [2.24, 2.45) is 11.8 Å². The van der Waals surface area contributed by atoms with Crippen LogP contribution in [0, 0.1) is 11.8 Å². The summed E-state index contributed by atoms with van der Waals surface area (Å²) in [5.74, 6) is -6.23. The molecule has 0 spiro atoms. The maximum atomic E-state index is 13.5. The third-order valence-corrected chi connectivity index (χ3v) is 7.74. The summed E-state index contributed by atoms with van der Waals surface area (Å²) < 4.78 is 40.0. The minimum absolute atomic E-state index is 0.0353. The molecule has 4 atom stereocenters. The summed E-state index contributed by atoms with van der Waals surface area (Å²) in [4.78, 5) is 65.8. The number of nitrogens with one attached hydrogen (secondary N) is 1. The van der Waals surface area contributed by atoms with Crippen LogP contribution in [-0.2, 0) is 27.1 Å². The number of carboxylic acid groups (broad SMARTS) is 1. The summed E-state index contributed by atoms with van der Waals surface area (Å²) in [5.41, 5.74) is 0.239. The molecular weight excluding hydrogens is 529 g/mol. The minimum atomic E-state index is -4.66. The highest BCUT2D eigenvalue weighted by molar-refractivity contribution is 6.28. The van der Waals surface area contributed by atoms with Crippen molar-refractivity contribution in [2.45, 2.75) is 24.8 Å². The maximum Gasteiger partial charge on any atom is 0.416 e. The lowest BCUT2D eigenvalue weighted by atomic mass is 9.83. The smallest absolute Gasteiger partial charge is 0.416 e. The van der Waals surface area contributed by atoms with Crippen molar-refractivity contribution in [3.05, 3.63) is 106 Å². The molecule has 0 aromatic heterocycles. The molecule has 2 heterocycles. The van der Waals surface area contributed by atoms with Gasteiger partial charge in [0.25, 0.3) is 0 Å². The maximum absolute atomic E-state index is 13.5. The number of nitrogens with zero attached hydrogens (tertiary/aromatic N) is 1. The lowest BCUT2D eigenvalue weighted by Crippen LogP contribution is -2.42. The van der Waals surface area contributed by atoms with Crippen LogP contribution in [-0.4, -0.2) is 45.4 Å². The highest BCUT2D eigenvalue weighted by Gasteiger charge is 2.61. The predicted molar refractivity (Wildman–Crippen MR) is 131 cm³/mol. The lowest BCUT2D eigenvalue weighted by Gasteiger charge is -2.23. The molecule has 3 aliphatic rings. The average molecular weight is 548 g/mol. The second-order valence-corrected chi connectivity index (χ2v) is 9.98. The number of hydrogen-bond acceptors (Lipinski definition) is 6. The number of carbonyl (C=O) groups excluding carboxylic acids is 4. The summed E-state index contributed by atoms with van der Waals surface area (Å²) >= 11 is 0. The molecule has 3 aromatic rings. The highest BCUT2D eigenvalue weighted by Crippen LogP contribution is 2.45. The van der Waals surface area contributed by atoms with Crippen molar-refractivity contribution >= 4 is 29.4 Å². The van der Waals surface area contributed by atoms with Gasteiger partial charge in [0.1, 0.15) is 6.04 Å². The van der Waals surface area contributed by atoms with E-state index in [1.807, 2.05) is 0 Å². The Morgan fingerprint density at radius 3 is 2.08 bits per heavy atom. The zero-order valence-electron chi connectivity index (χ0n) is 20.4. The quantitative estimate of drug-likeness (QED) is 0.375. The molecule has 2 aliphatic heterocycles. The van der Waals surface area contributed by atoms with E-state index in [1.165, 1.54) is 30.3 Å². The van der Waals surface area contributed by atoms with Crippen LogP contribution in [0.25, 0.3) is 0 Å². The molecule has 3 aromatic carbocycles. The van der Waals surface area contributed by atoms with Gasteiger partial charge in [0.05, 0.1) is 23.9 Å². The van der Waals surface area contributed by atoms with Crippen LogP contribution < -0.4 is 5.32 Å². The van der Waals surface area contributed by atoms with Gasteiger partial charge in [0, 0.05) is 28.3 Å². The van der Waals surface area contributed by atoms with E-state index >= 15 is 0 Å². The molecule has 2 saturated heterocycles. The Kier molecular flexibility index (Phi) is 5.74. The van der Waals surface area contributed by atoms with Gasteiger partial charge in [-0.2, -0.15) is 13.2 Å².